The smallest absolute Gasteiger partial charge is 0.375 e. The van der Waals surface area contributed by atoms with Crippen molar-refractivity contribution in [2.24, 2.45) is 0 Å². The lowest BCUT2D eigenvalue weighted by molar-refractivity contribution is 0.332. The monoisotopic (exact) mass is 866 g/mol. The Labute approximate surface area is 394 Å². The molecule has 4 heterocycles. The molecule has 4 aliphatic rings. The summed E-state index contributed by atoms with van der Waals surface area (Å²) in [6.07, 6.45) is 5.67. The van der Waals surface area contributed by atoms with E-state index >= 15 is 0 Å². The minimum Gasteiger partial charge on any atom is -0.466 e. The van der Waals surface area contributed by atoms with Crippen LogP contribution in [0, 0.1) is 0 Å². The highest BCUT2D eigenvalue weighted by Crippen LogP contribution is 2.59. The largest absolute Gasteiger partial charge is 0.466 e. The van der Waals surface area contributed by atoms with Crippen LogP contribution in [0.1, 0.15) is 102 Å². The van der Waals surface area contributed by atoms with Gasteiger partial charge in [0.15, 0.2) is 0 Å². The van der Waals surface area contributed by atoms with Crippen molar-refractivity contribution in [1.82, 2.24) is 4.48 Å². The summed E-state index contributed by atoms with van der Waals surface area (Å²) in [5, 5.41) is 6.37. The Morgan fingerprint density at radius 2 is 1.33 bits per heavy atom. The van der Waals surface area contributed by atoms with Crippen LogP contribution < -0.4 is 16.0 Å². The average molecular weight is 867 g/mol. The summed E-state index contributed by atoms with van der Waals surface area (Å²) in [5.41, 5.74) is 24.1. The number of furan rings is 1. The van der Waals surface area contributed by atoms with Crippen LogP contribution in [0.5, 0.6) is 0 Å². The minimum absolute atomic E-state index is 0.0215. The van der Waals surface area contributed by atoms with Gasteiger partial charge in [0.1, 0.15) is 11.2 Å². The van der Waals surface area contributed by atoms with Crippen molar-refractivity contribution in [3.05, 3.63) is 173 Å². The van der Waals surface area contributed by atoms with E-state index in [0.717, 1.165) is 43.3 Å². The molecule has 0 saturated heterocycles. The zero-order valence-corrected chi connectivity index (χ0v) is 39.8. The number of anilines is 3. The van der Waals surface area contributed by atoms with Crippen molar-refractivity contribution in [3.8, 4) is 33.4 Å². The number of aryl methyl sites for hydroxylation is 1. The number of nitrogens with zero attached hydrogens (tertiary/aromatic N) is 2. The molecule has 8 aromatic carbocycles. The Kier molecular flexibility index (Phi) is 7.90. The van der Waals surface area contributed by atoms with Gasteiger partial charge >= 0.3 is 6.85 Å². The zero-order valence-electron chi connectivity index (χ0n) is 39.8. The van der Waals surface area contributed by atoms with Crippen molar-refractivity contribution in [1.29, 1.82) is 0 Å². The Balaban J connectivity index is 1.20. The van der Waals surface area contributed by atoms with Crippen LogP contribution in [-0.4, -0.2) is 11.3 Å². The van der Waals surface area contributed by atoms with Gasteiger partial charge in [-0.15, -0.1) is 0 Å². The molecule has 4 heteroatoms. The van der Waals surface area contributed by atoms with Crippen LogP contribution in [0.4, 0.5) is 17.1 Å². The summed E-state index contributed by atoms with van der Waals surface area (Å²) >= 11 is 0. The summed E-state index contributed by atoms with van der Waals surface area (Å²) in [6, 6.07) is 56.0. The van der Waals surface area contributed by atoms with Crippen molar-refractivity contribution < 1.29 is 4.42 Å². The van der Waals surface area contributed by atoms with Gasteiger partial charge < -0.3 is 13.8 Å². The molecule has 0 N–H and O–H groups in total. The number of fused-ring (bicyclic) bond motifs is 16. The lowest BCUT2D eigenvalue weighted by atomic mass is 9.46. The highest BCUT2D eigenvalue weighted by Gasteiger charge is 2.51. The second kappa shape index (κ2) is 13.4. The fourth-order valence-corrected chi connectivity index (χ4v) is 13.5. The van der Waals surface area contributed by atoms with Gasteiger partial charge in [-0.2, -0.15) is 0 Å². The molecule has 67 heavy (non-hydrogen) atoms. The summed E-state index contributed by atoms with van der Waals surface area (Å²) in [7, 11) is 0. The zero-order chi connectivity index (χ0) is 45.3. The first kappa shape index (κ1) is 39.4. The number of aromatic nitrogens is 1. The van der Waals surface area contributed by atoms with E-state index in [9.17, 15) is 0 Å². The molecule has 2 aliphatic heterocycles. The van der Waals surface area contributed by atoms with Gasteiger partial charge in [-0.1, -0.05) is 164 Å². The molecule has 10 aromatic rings. The SMILES string of the molecule is CCCCc1ccc(N2c3cc4c(c5c3B(c3oc6cc7c(cc6c32)C(C)(C)CCC7(C)C)n2c3ccc6ccccc6c3c3cccc-5c32)C(C)(C)c2ccccc2-4)c(-c2ccccc2)c1. The second-order valence-electron chi connectivity index (χ2n) is 22.1. The van der Waals surface area contributed by atoms with Gasteiger partial charge in [0.05, 0.1) is 11.4 Å². The molecule has 0 saturated carbocycles. The fraction of sp³-hybridized carbons (Fsp3) is 0.238. The number of rotatable bonds is 5. The van der Waals surface area contributed by atoms with Crippen LogP contribution in [-0.2, 0) is 22.7 Å². The number of hydrogen-bond donors (Lipinski definition) is 0. The second-order valence-corrected chi connectivity index (χ2v) is 22.1. The number of para-hydroxylation sites is 1. The third-order valence-corrected chi connectivity index (χ3v) is 17.0. The molecule has 0 amide bonds. The summed E-state index contributed by atoms with van der Waals surface area (Å²) in [4.78, 5) is 2.66. The third kappa shape index (κ3) is 5.14. The Bertz CT molecular complexity index is 3790. The molecule has 2 aromatic heterocycles. The van der Waals surface area contributed by atoms with E-state index in [1.54, 1.807) is 0 Å². The van der Waals surface area contributed by atoms with Crippen LogP contribution in [0.2, 0.25) is 0 Å². The topological polar surface area (TPSA) is 21.3 Å². The lowest BCUT2D eigenvalue weighted by Crippen LogP contribution is -2.56. The average Bonchev–Trinajstić information content (AvgIpc) is 3.97. The molecule has 0 spiro atoms. The molecule has 326 valence electrons. The van der Waals surface area contributed by atoms with Crippen molar-refractivity contribution in [3.63, 3.8) is 0 Å². The molecule has 14 rings (SSSR count). The van der Waals surface area contributed by atoms with Gasteiger partial charge in [0, 0.05) is 49.4 Å². The van der Waals surface area contributed by atoms with Crippen LogP contribution in [0.3, 0.4) is 0 Å². The minimum atomic E-state index is -0.241. The van der Waals surface area contributed by atoms with Crippen molar-refractivity contribution in [2.45, 2.75) is 96.8 Å². The van der Waals surface area contributed by atoms with Crippen LogP contribution >= 0.6 is 0 Å². The van der Waals surface area contributed by atoms with Gasteiger partial charge in [-0.25, -0.2) is 0 Å². The maximum absolute atomic E-state index is 7.76. The van der Waals surface area contributed by atoms with Crippen LogP contribution in [0.25, 0.3) is 76.9 Å². The highest BCUT2D eigenvalue weighted by molar-refractivity contribution is 6.89. The molecule has 2 aliphatic carbocycles. The van der Waals surface area contributed by atoms with Crippen LogP contribution in [0.15, 0.2) is 150 Å². The lowest BCUT2D eigenvalue weighted by Gasteiger charge is -2.42. The van der Waals surface area contributed by atoms with Gasteiger partial charge in [0.25, 0.3) is 0 Å². The van der Waals surface area contributed by atoms with E-state index < -0.39 is 0 Å². The van der Waals surface area contributed by atoms with Crippen molar-refractivity contribution >= 4 is 78.6 Å². The van der Waals surface area contributed by atoms with Gasteiger partial charge in [0.2, 0.25) is 0 Å². The van der Waals surface area contributed by atoms with E-state index in [1.165, 1.54) is 122 Å². The number of hydrogen-bond acceptors (Lipinski definition) is 2. The molecular formula is C63H55BN2O. The van der Waals surface area contributed by atoms with E-state index in [0.29, 0.717) is 0 Å². The van der Waals surface area contributed by atoms with Gasteiger partial charge in [-0.05, 0) is 139 Å². The first-order valence-electron chi connectivity index (χ1n) is 24.8. The predicted molar refractivity (Wildman–Crippen MR) is 284 cm³/mol. The quantitative estimate of drug-likeness (QED) is 0.161. The first-order valence-corrected chi connectivity index (χ1v) is 24.8. The molecule has 0 unspecified atom stereocenters. The molecule has 0 radical (unpaired) electrons. The maximum Gasteiger partial charge on any atom is 0.375 e. The first-order chi connectivity index (χ1) is 32.5. The fourth-order valence-electron chi connectivity index (χ4n) is 13.5. The summed E-state index contributed by atoms with van der Waals surface area (Å²) in [5.74, 6) is 0. The number of unbranched alkanes of at least 4 members (excludes halogenated alkanes) is 1. The molecule has 3 nitrogen and oxygen atoms in total. The maximum atomic E-state index is 7.76. The molecule has 0 fully saturated rings. The Morgan fingerprint density at radius 1 is 0.597 bits per heavy atom. The van der Waals surface area contributed by atoms with E-state index in [4.69, 9.17) is 4.42 Å². The third-order valence-electron chi connectivity index (χ3n) is 17.0. The summed E-state index contributed by atoms with van der Waals surface area (Å²) in [6.45, 7) is 16.8. The van der Waals surface area contributed by atoms with Gasteiger partial charge in [-0.3, -0.25) is 0 Å². The molecule has 0 bridgehead atoms. The molecular weight excluding hydrogens is 812 g/mol. The Morgan fingerprint density at radius 3 is 2.15 bits per heavy atom. The standard InChI is InChI=1S/C63H55BN2O/c1-8-9-18-37-27-29-50(44(33-37)38-19-11-10-12-20-38)65-52-35-45-41-23-15-16-26-47(41)63(6,7)56(45)55-43-25-17-24-42-54-40-22-14-13-21-39(40)28-30-51(54)66(58(42)43)64(57(52)55)60-59(65)46-34-48-49(36-53(46)67-60)62(4,5)32-31-61(48,2)3/h10-17,19-30,33-36H,8-9,18,31-32H2,1-7H3. The Hall–Kier alpha value is -6.78. The predicted octanol–water partition coefficient (Wildman–Crippen LogP) is 15.8. The number of benzene rings is 8. The van der Waals surface area contributed by atoms with E-state index in [1.807, 2.05) is 0 Å². The van der Waals surface area contributed by atoms with Crippen molar-refractivity contribution in [2.75, 3.05) is 4.90 Å². The summed E-state index contributed by atoms with van der Waals surface area (Å²) < 4.78 is 10.5. The molecule has 0 atom stereocenters. The normalized spacial score (nSPS) is 16.6. The highest BCUT2D eigenvalue weighted by atomic mass is 16.3. The van der Waals surface area contributed by atoms with E-state index in [-0.39, 0.29) is 23.1 Å². The van der Waals surface area contributed by atoms with E-state index in [2.05, 4.69) is 203 Å².